The van der Waals surface area contributed by atoms with Crippen molar-refractivity contribution in [3.8, 4) is 0 Å². The number of carbonyl (C=O) groups is 1. The van der Waals surface area contributed by atoms with Gasteiger partial charge in [0.1, 0.15) is 0 Å². The van der Waals surface area contributed by atoms with Crippen LogP contribution in [0.3, 0.4) is 0 Å². The van der Waals surface area contributed by atoms with Crippen molar-refractivity contribution in [1.29, 1.82) is 0 Å². The van der Waals surface area contributed by atoms with Gasteiger partial charge in [-0.25, -0.2) is 0 Å². The van der Waals surface area contributed by atoms with E-state index in [9.17, 15) is 4.79 Å². The monoisotopic (exact) mass is 314 g/mol. The van der Waals surface area contributed by atoms with E-state index in [0.717, 1.165) is 38.9 Å². The second-order valence-corrected chi connectivity index (χ2v) is 6.47. The highest BCUT2D eigenvalue weighted by atomic mass is 16.5. The molecule has 1 aliphatic carbocycles. The summed E-state index contributed by atoms with van der Waals surface area (Å²) in [7, 11) is 0. The van der Waals surface area contributed by atoms with E-state index in [4.69, 9.17) is 4.74 Å². The Hall–Kier alpha value is -1.65. The van der Waals surface area contributed by atoms with Crippen molar-refractivity contribution in [1.82, 2.24) is 10.2 Å². The van der Waals surface area contributed by atoms with Gasteiger partial charge in [-0.15, -0.1) is 0 Å². The topological polar surface area (TPSA) is 41.6 Å². The number of nitrogens with zero attached hydrogens (tertiary/aromatic N) is 1. The molecule has 0 saturated carbocycles. The lowest BCUT2D eigenvalue weighted by atomic mass is 10.0. The Morgan fingerprint density at radius 2 is 2.13 bits per heavy atom. The molecular formula is C19H26N2O2. The lowest BCUT2D eigenvalue weighted by Crippen LogP contribution is -2.45. The van der Waals surface area contributed by atoms with Crippen LogP contribution in [0.4, 0.5) is 0 Å². The summed E-state index contributed by atoms with van der Waals surface area (Å²) in [6.45, 7) is 3.39. The fourth-order valence-corrected chi connectivity index (χ4v) is 3.31. The van der Waals surface area contributed by atoms with E-state index in [1.807, 2.05) is 6.07 Å². The van der Waals surface area contributed by atoms with E-state index in [2.05, 4.69) is 46.6 Å². The lowest BCUT2D eigenvalue weighted by Gasteiger charge is -2.33. The molecule has 1 fully saturated rings. The van der Waals surface area contributed by atoms with Crippen molar-refractivity contribution in [2.75, 3.05) is 19.7 Å². The number of amides is 1. The zero-order valence-electron chi connectivity index (χ0n) is 13.6. The van der Waals surface area contributed by atoms with Gasteiger partial charge in [0.2, 0.25) is 5.91 Å². The molecule has 4 heteroatoms. The third kappa shape index (κ3) is 5.19. The van der Waals surface area contributed by atoms with Crippen molar-refractivity contribution in [3.05, 3.63) is 48.0 Å². The van der Waals surface area contributed by atoms with Crippen molar-refractivity contribution in [2.45, 2.75) is 44.4 Å². The first-order valence-electron chi connectivity index (χ1n) is 8.62. The number of allylic oxidation sites excluding steroid dienone is 1. The Kier molecular flexibility index (Phi) is 5.83. The van der Waals surface area contributed by atoms with E-state index in [0.29, 0.717) is 19.1 Å². The second kappa shape index (κ2) is 8.27. The maximum Gasteiger partial charge on any atom is 0.222 e. The van der Waals surface area contributed by atoms with Gasteiger partial charge in [-0.1, -0.05) is 42.5 Å². The summed E-state index contributed by atoms with van der Waals surface area (Å²) in [6, 6.07) is 10.8. The minimum atomic E-state index is 0.00611. The van der Waals surface area contributed by atoms with Gasteiger partial charge in [0.15, 0.2) is 0 Å². The lowest BCUT2D eigenvalue weighted by molar-refractivity contribution is -0.126. The third-order valence-corrected chi connectivity index (χ3v) is 4.52. The summed E-state index contributed by atoms with van der Waals surface area (Å²) < 4.78 is 5.79. The highest BCUT2D eigenvalue weighted by molar-refractivity contribution is 5.76. The Morgan fingerprint density at radius 3 is 2.91 bits per heavy atom. The molecule has 1 amide bonds. The molecule has 4 nitrogen and oxygen atoms in total. The molecule has 2 atom stereocenters. The summed E-state index contributed by atoms with van der Waals surface area (Å²) in [6.07, 6.45) is 7.89. The van der Waals surface area contributed by atoms with Gasteiger partial charge in [0, 0.05) is 25.7 Å². The summed E-state index contributed by atoms with van der Waals surface area (Å²) in [5, 5.41) is 3.14. The SMILES string of the molecule is O=C(C[C@H]1CN(Cc2ccccc2)CCO1)N[C@@H]1CC=CCC1. The largest absolute Gasteiger partial charge is 0.375 e. The van der Waals surface area contributed by atoms with E-state index in [-0.39, 0.29) is 12.0 Å². The molecule has 3 rings (SSSR count). The highest BCUT2D eigenvalue weighted by Crippen LogP contribution is 2.14. The molecule has 0 bridgehead atoms. The highest BCUT2D eigenvalue weighted by Gasteiger charge is 2.24. The molecule has 1 heterocycles. The van der Waals surface area contributed by atoms with Gasteiger partial charge in [-0.05, 0) is 24.8 Å². The minimum absolute atomic E-state index is 0.00611. The number of morpholine rings is 1. The van der Waals surface area contributed by atoms with Gasteiger partial charge < -0.3 is 10.1 Å². The fourth-order valence-electron chi connectivity index (χ4n) is 3.31. The predicted molar refractivity (Wildman–Crippen MR) is 91.0 cm³/mol. The normalized spacial score (nSPS) is 25.2. The molecule has 0 radical (unpaired) electrons. The average Bonchev–Trinajstić information content (AvgIpc) is 2.57. The molecule has 1 N–H and O–H groups in total. The first-order chi connectivity index (χ1) is 11.3. The number of benzene rings is 1. The molecule has 0 aromatic heterocycles. The van der Waals surface area contributed by atoms with Gasteiger partial charge in [0.25, 0.3) is 0 Å². The smallest absolute Gasteiger partial charge is 0.222 e. The zero-order valence-corrected chi connectivity index (χ0v) is 13.6. The zero-order chi connectivity index (χ0) is 15.9. The number of nitrogens with one attached hydrogen (secondary N) is 1. The standard InChI is InChI=1S/C19H26N2O2/c22-19(20-17-9-5-2-6-10-17)13-18-15-21(11-12-23-18)14-16-7-3-1-4-8-16/h1-5,7-8,17-18H,6,9-15H2,(H,20,22)/t17-,18+/m1/s1. The molecule has 23 heavy (non-hydrogen) atoms. The Morgan fingerprint density at radius 1 is 1.26 bits per heavy atom. The quantitative estimate of drug-likeness (QED) is 0.849. The second-order valence-electron chi connectivity index (χ2n) is 6.47. The van der Waals surface area contributed by atoms with Crippen LogP contribution in [0.1, 0.15) is 31.2 Å². The molecule has 2 aliphatic rings. The van der Waals surface area contributed by atoms with Crippen molar-refractivity contribution in [2.24, 2.45) is 0 Å². The Labute approximate surface area is 138 Å². The third-order valence-electron chi connectivity index (χ3n) is 4.52. The van der Waals surface area contributed by atoms with Crippen LogP contribution in [-0.4, -0.2) is 42.6 Å². The molecule has 1 aliphatic heterocycles. The molecule has 1 aromatic rings. The van der Waals surface area contributed by atoms with E-state index < -0.39 is 0 Å². The van der Waals surface area contributed by atoms with Gasteiger partial charge in [0.05, 0.1) is 19.1 Å². The molecule has 1 aromatic carbocycles. The van der Waals surface area contributed by atoms with E-state index >= 15 is 0 Å². The number of hydrogen-bond donors (Lipinski definition) is 1. The van der Waals surface area contributed by atoms with Crippen LogP contribution < -0.4 is 5.32 Å². The summed E-state index contributed by atoms with van der Waals surface area (Å²) in [5.74, 6) is 0.122. The van der Waals surface area contributed by atoms with Crippen molar-refractivity contribution < 1.29 is 9.53 Å². The summed E-state index contributed by atoms with van der Waals surface area (Å²) >= 11 is 0. The van der Waals surface area contributed by atoms with Crippen LogP contribution in [-0.2, 0) is 16.1 Å². The van der Waals surface area contributed by atoms with Crippen LogP contribution in [0.25, 0.3) is 0 Å². The average molecular weight is 314 g/mol. The van der Waals surface area contributed by atoms with Crippen LogP contribution in [0.15, 0.2) is 42.5 Å². The molecule has 124 valence electrons. The molecule has 1 saturated heterocycles. The fraction of sp³-hybridized carbons (Fsp3) is 0.526. The minimum Gasteiger partial charge on any atom is -0.375 e. The van der Waals surface area contributed by atoms with Gasteiger partial charge >= 0.3 is 0 Å². The van der Waals surface area contributed by atoms with Crippen LogP contribution in [0, 0.1) is 0 Å². The number of hydrogen-bond acceptors (Lipinski definition) is 3. The Balaban J connectivity index is 1.44. The number of rotatable bonds is 5. The predicted octanol–water partition coefficient (Wildman–Crippen LogP) is 2.50. The number of carbonyl (C=O) groups excluding carboxylic acids is 1. The van der Waals surface area contributed by atoms with E-state index in [1.54, 1.807) is 0 Å². The van der Waals surface area contributed by atoms with Gasteiger partial charge in [-0.2, -0.15) is 0 Å². The van der Waals surface area contributed by atoms with E-state index in [1.165, 1.54) is 5.56 Å². The molecule has 0 spiro atoms. The molecular weight excluding hydrogens is 288 g/mol. The van der Waals surface area contributed by atoms with Crippen LogP contribution >= 0.6 is 0 Å². The van der Waals surface area contributed by atoms with Crippen LogP contribution in [0.2, 0.25) is 0 Å². The first kappa shape index (κ1) is 16.2. The number of ether oxygens (including phenoxy) is 1. The molecule has 0 unspecified atom stereocenters. The summed E-state index contributed by atoms with van der Waals surface area (Å²) in [5.41, 5.74) is 1.31. The van der Waals surface area contributed by atoms with Crippen molar-refractivity contribution >= 4 is 5.91 Å². The van der Waals surface area contributed by atoms with Crippen LogP contribution in [0.5, 0.6) is 0 Å². The van der Waals surface area contributed by atoms with Crippen molar-refractivity contribution in [3.63, 3.8) is 0 Å². The maximum absolute atomic E-state index is 12.2. The summed E-state index contributed by atoms with van der Waals surface area (Å²) in [4.78, 5) is 14.6. The maximum atomic E-state index is 12.2. The first-order valence-corrected chi connectivity index (χ1v) is 8.62. The van der Waals surface area contributed by atoms with Gasteiger partial charge in [-0.3, -0.25) is 9.69 Å². The Bertz CT molecular complexity index is 529.